The Kier molecular flexibility index (Phi) is 3.34. The van der Waals surface area contributed by atoms with Crippen molar-refractivity contribution in [2.45, 2.75) is 23.4 Å². The van der Waals surface area contributed by atoms with E-state index in [9.17, 15) is 22.4 Å². The highest BCUT2D eigenvalue weighted by Crippen LogP contribution is 2.65. The van der Waals surface area contributed by atoms with E-state index in [-0.39, 0.29) is 11.3 Å². The van der Waals surface area contributed by atoms with Crippen molar-refractivity contribution in [2.24, 2.45) is 5.92 Å². The fourth-order valence-electron chi connectivity index (χ4n) is 2.20. The molecule has 0 radical (unpaired) electrons. The highest BCUT2D eigenvalue weighted by Gasteiger charge is 2.66. The van der Waals surface area contributed by atoms with E-state index in [4.69, 9.17) is 23.2 Å². The summed E-state index contributed by atoms with van der Waals surface area (Å²) in [6.07, 6.45) is -4.80. The third kappa shape index (κ3) is 2.46. The Morgan fingerprint density at radius 1 is 1.32 bits per heavy atom. The zero-order valence-corrected chi connectivity index (χ0v) is 11.1. The van der Waals surface area contributed by atoms with Crippen molar-refractivity contribution >= 4 is 29.0 Å². The lowest BCUT2D eigenvalue weighted by Gasteiger charge is -2.10. The Balaban J connectivity index is 2.42. The van der Waals surface area contributed by atoms with E-state index in [2.05, 4.69) is 0 Å². The molecular weight excluding hydrogens is 307 g/mol. The van der Waals surface area contributed by atoms with Gasteiger partial charge >= 0.3 is 6.18 Å². The van der Waals surface area contributed by atoms with E-state index >= 15 is 0 Å². The van der Waals surface area contributed by atoms with Crippen LogP contribution in [0.5, 0.6) is 0 Å². The predicted octanol–water partition coefficient (Wildman–Crippen LogP) is 4.32. The molecule has 0 aliphatic heterocycles. The monoisotopic (exact) mass is 314 g/mol. The molecular formula is C12H8Cl2F4O. The van der Waals surface area contributed by atoms with Crippen LogP contribution in [0.1, 0.15) is 24.0 Å². The molecule has 104 valence electrons. The third-order valence-electron chi connectivity index (χ3n) is 3.15. The first-order chi connectivity index (χ1) is 8.56. The third-order valence-corrected chi connectivity index (χ3v) is 4.09. The molecule has 1 saturated carbocycles. The second-order valence-electron chi connectivity index (χ2n) is 4.48. The first-order valence-electron chi connectivity index (χ1n) is 5.31. The highest BCUT2D eigenvalue weighted by molar-refractivity contribution is 6.53. The van der Waals surface area contributed by atoms with Crippen molar-refractivity contribution < 1.29 is 22.4 Å². The molecule has 2 atom stereocenters. The molecule has 1 fully saturated rings. The topological polar surface area (TPSA) is 17.1 Å². The fourth-order valence-corrected chi connectivity index (χ4v) is 3.14. The molecule has 1 aliphatic carbocycles. The molecule has 0 saturated heterocycles. The summed E-state index contributed by atoms with van der Waals surface area (Å²) in [5.74, 6) is -3.18. The summed E-state index contributed by atoms with van der Waals surface area (Å²) in [5, 5.41) is 0. The smallest absolute Gasteiger partial charge is 0.300 e. The van der Waals surface area contributed by atoms with Crippen molar-refractivity contribution in [1.82, 2.24) is 0 Å². The molecule has 0 bridgehead atoms. The van der Waals surface area contributed by atoms with Gasteiger partial charge in [0.2, 0.25) is 0 Å². The summed E-state index contributed by atoms with van der Waals surface area (Å²) in [5.41, 5.74) is -1.28. The lowest BCUT2D eigenvalue weighted by atomic mass is 10.0. The van der Waals surface area contributed by atoms with Gasteiger partial charge in [0, 0.05) is 5.92 Å². The van der Waals surface area contributed by atoms with Gasteiger partial charge in [-0.2, -0.15) is 13.2 Å². The minimum Gasteiger partial charge on any atom is -0.300 e. The lowest BCUT2D eigenvalue weighted by Crippen LogP contribution is -2.09. The number of benzene rings is 1. The van der Waals surface area contributed by atoms with Crippen molar-refractivity contribution in [3.05, 3.63) is 35.1 Å². The summed E-state index contributed by atoms with van der Waals surface area (Å²) < 4.78 is 49.5. The second kappa shape index (κ2) is 4.35. The molecule has 1 aromatic carbocycles. The molecule has 1 nitrogen and oxygen atoms in total. The van der Waals surface area contributed by atoms with Crippen molar-refractivity contribution in [2.75, 3.05) is 0 Å². The molecule has 19 heavy (non-hydrogen) atoms. The largest absolute Gasteiger partial charge is 0.419 e. The number of hydrogen-bond donors (Lipinski definition) is 0. The van der Waals surface area contributed by atoms with E-state index in [1.807, 2.05) is 0 Å². The van der Waals surface area contributed by atoms with Crippen molar-refractivity contribution in [1.29, 1.82) is 0 Å². The van der Waals surface area contributed by atoms with Crippen LogP contribution in [0.25, 0.3) is 0 Å². The minimum absolute atomic E-state index is 0.110. The van der Waals surface area contributed by atoms with Gasteiger partial charge in [0.25, 0.3) is 0 Å². The first-order valence-corrected chi connectivity index (χ1v) is 6.07. The number of Topliss-reactive ketones (excluding diaryl/α,β-unsaturated/α-hetero) is 1. The maximum absolute atomic E-state index is 13.1. The van der Waals surface area contributed by atoms with Crippen LogP contribution in [0, 0.1) is 11.7 Å². The fraction of sp³-hybridized carbons (Fsp3) is 0.417. The van der Waals surface area contributed by atoms with Crippen LogP contribution in [0.15, 0.2) is 18.2 Å². The van der Waals surface area contributed by atoms with Gasteiger partial charge in [0.15, 0.2) is 0 Å². The molecule has 1 aliphatic rings. The standard InChI is InChI=1S/C12H8Cl2F4O/c1-5(19)9-10(11(9,13)14)6-2-3-8(15)7(4-6)12(16,17)18/h2-4,9-10H,1H3. The summed E-state index contributed by atoms with van der Waals surface area (Å²) >= 11 is 11.8. The zero-order chi connectivity index (χ0) is 14.6. The number of rotatable bonds is 2. The van der Waals surface area contributed by atoms with Crippen molar-refractivity contribution in [3.63, 3.8) is 0 Å². The van der Waals surface area contributed by atoms with Crippen LogP contribution >= 0.6 is 23.2 Å². The molecule has 0 heterocycles. The summed E-state index contributed by atoms with van der Waals surface area (Å²) in [6, 6.07) is 2.53. The van der Waals surface area contributed by atoms with Crippen LogP contribution < -0.4 is 0 Å². The van der Waals surface area contributed by atoms with Crippen LogP contribution in [0.2, 0.25) is 0 Å². The first kappa shape index (κ1) is 14.6. The molecule has 2 unspecified atom stereocenters. The number of carbonyl (C=O) groups excluding carboxylic acids is 1. The lowest BCUT2D eigenvalue weighted by molar-refractivity contribution is -0.140. The van der Waals surface area contributed by atoms with E-state index in [0.717, 1.165) is 6.07 Å². The highest BCUT2D eigenvalue weighted by atomic mass is 35.5. The van der Waals surface area contributed by atoms with Crippen molar-refractivity contribution in [3.8, 4) is 0 Å². The minimum atomic E-state index is -4.80. The van der Waals surface area contributed by atoms with Gasteiger partial charge in [-0.05, 0) is 24.6 Å². The molecule has 0 aromatic heterocycles. The van der Waals surface area contributed by atoms with E-state index in [1.165, 1.54) is 6.92 Å². The quantitative estimate of drug-likeness (QED) is 0.587. The summed E-state index contributed by atoms with van der Waals surface area (Å²) in [6.45, 7) is 1.26. The zero-order valence-electron chi connectivity index (χ0n) is 9.56. The van der Waals surface area contributed by atoms with E-state index in [1.54, 1.807) is 0 Å². The number of alkyl halides is 5. The molecule has 0 N–H and O–H groups in total. The Hall–Kier alpha value is -0.810. The Labute approximate surface area is 116 Å². The van der Waals surface area contributed by atoms with Gasteiger partial charge in [0.05, 0.1) is 11.5 Å². The molecule has 0 spiro atoms. The van der Waals surface area contributed by atoms with Crippen LogP contribution in [0.3, 0.4) is 0 Å². The maximum atomic E-state index is 13.1. The molecule has 1 aromatic rings. The van der Waals surface area contributed by atoms with Gasteiger partial charge in [-0.15, -0.1) is 23.2 Å². The molecule has 0 amide bonds. The number of hydrogen-bond acceptors (Lipinski definition) is 1. The van der Waals surface area contributed by atoms with Crippen LogP contribution in [0.4, 0.5) is 17.6 Å². The molecule has 2 rings (SSSR count). The predicted molar refractivity (Wildman–Crippen MR) is 62.8 cm³/mol. The maximum Gasteiger partial charge on any atom is 0.419 e. The Morgan fingerprint density at radius 3 is 2.32 bits per heavy atom. The van der Waals surface area contributed by atoms with E-state index in [0.29, 0.717) is 12.1 Å². The van der Waals surface area contributed by atoms with Gasteiger partial charge in [-0.25, -0.2) is 4.39 Å². The van der Waals surface area contributed by atoms with Gasteiger partial charge in [-0.3, -0.25) is 4.79 Å². The van der Waals surface area contributed by atoms with Crippen LogP contribution in [-0.4, -0.2) is 10.1 Å². The normalized spacial score (nSPS) is 25.2. The van der Waals surface area contributed by atoms with Crippen LogP contribution in [-0.2, 0) is 11.0 Å². The van der Waals surface area contributed by atoms with Gasteiger partial charge < -0.3 is 0 Å². The van der Waals surface area contributed by atoms with Gasteiger partial charge in [0.1, 0.15) is 15.9 Å². The number of carbonyl (C=O) groups is 1. The SMILES string of the molecule is CC(=O)C1C(c2ccc(F)c(C(F)(F)F)c2)C1(Cl)Cl. The van der Waals surface area contributed by atoms with E-state index < -0.39 is 33.7 Å². The van der Waals surface area contributed by atoms with Gasteiger partial charge in [-0.1, -0.05) is 6.07 Å². The average molecular weight is 315 g/mol. The average Bonchev–Trinajstić information content (AvgIpc) is 2.80. The summed E-state index contributed by atoms with van der Waals surface area (Å²) in [4.78, 5) is 11.3. The molecule has 7 heteroatoms. The Morgan fingerprint density at radius 2 is 1.89 bits per heavy atom. The Bertz CT molecular complexity index is 539. The second-order valence-corrected chi connectivity index (χ2v) is 5.92. The number of ketones is 1. The summed E-state index contributed by atoms with van der Waals surface area (Å²) in [7, 11) is 0. The number of halogens is 6.